The third-order valence-corrected chi connectivity index (χ3v) is 12.4. The molecule has 56 heavy (non-hydrogen) atoms. The quantitative estimate of drug-likeness (QED) is 0.180. The van der Waals surface area contributed by atoms with Crippen molar-refractivity contribution in [3.63, 3.8) is 0 Å². The molecule has 2 aliphatic rings. The van der Waals surface area contributed by atoms with Gasteiger partial charge in [-0.15, -0.1) is 0 Å². The summed E-state index contributed by atoms with van der Waals surface area (Å²) < 4.78 is 0. The minimum absolute atomic E-state index is 0.628. The van der Waals surface area contributed by atoms with Gasteiger partial charge in [-0.25, -0.2) is 15.0 Å². The van der Waals surface area contributed by atoms with Crippen molar-refractivity contribution in [3.8, 4) is 62.5 Å². The van der Waals surface area contributed by atoms with E-state index >= 15 is 0 Å². The fraction of sp³-hybridized carbons (Fsp3) is 0.0196. The van der Waals surface area contributed by atoms with Crippen molar-refractivity contribution in [2.75, 3.05) is 0 Å². The van der Waals surface area contributed by atoms with E-state index in [-0.39, 0.29) is 0 Å². The Kier molecular flexibility index (Phi) is 7.35. The molecule has 0 saturated carbocycles. The van der Waals surface area contributed by atoms with Crippen molar-refractivity contribution >= 4 is 22.5 Å². The lowest BCUT2D eigenvalue weighted by atomic mass is 9.66. The van der Waals surface area contributed by atoms with Crippen LogP contribution in [0.2, 0.25) is 0 Å². The summed E-state index contributed by atoms with van der Waals surface area (Å²) in [6.45, 7) is 0. The van der Waals surface area contributed by atoms with Crippen molar-refractivity contribution in [2.24, 2.45) is 0 Å². The van der Waals surface area contributed by atoms with Crippen molar-refractivity contribution in [3.05, 3.63) is 210 Å². The highest BCUT2D eigenvalue weighted by Crippen LogP contribution is 2.64. The van der Waals surface area contributed by atoms with E-state index < -0.39 is 5.41 Å². The fourth-order valence-corrected chi connectivity index (χ4v) is 9.97. The third-order valence-electron chi connectivity index (χ3n) is 11.2. The standard InChI is InChI=1S/C51H30N4S/c52-31-32-23-25-33(26-24-32)40-30-44-47(38-18-8-7-17-37(38)40)39-19-9-10-20-41(39)51(44)42-21-11-12-22-45(42)56-46-28-27-36(29-43(46)51)50-54-48(34-13-3-1-4-14-34)53-49(55-50)35-15-5-2-6-16-35/h1-30H. The number of nitrogens with zero attached hydrogens (tertiary/aromatic N) is 4. The first-order valence-corrected chi connectivity index (χ1v) is 19.5. The normalized spacial score (nSPS) is 14.8. The monoisotopic (exact) mass is 730 g/mol. The van der Waals surface area contributed by atoms with E-state index in [9.17, 15) is 5.26 Å². The summed E-state index contributed by atoms with van der Waals surface area (Å²) in [5.41, 5.74) is 12.5. The van der Waals surface area contributed by atoms with Crippen LogP contribution < -0.4 is 0 Å². The van der Waals surface area contributed by atoms with Gasteiger partial charge in [0.1, 0.15) is 0 Å². The van der Waals surface area contributed by atoms with Crippen molar-refractivity contribution in [1.29, 1.82) is 5.26 Å². The highest BCUT2D eigenvalue weighted by Gasteiger charge is 2.51. The van der Waals surface area contributed by atoms with E-state index in [4.69, 9.17) is 15.0 Å². The van der Waals surface area contributed by atoms with E-state index in [0.717, 1.165) is 27.8 Å². The summed E-state index contributed by atoms with van der Waals surface area (Å²) in [6.07, 6.45) is 0. The van der Waals surface area contributed by atoms with Crippen LogP contribution in [-0.2, 0) is 5.41 Å². The molecule has 1 spiro atoms. The molecule has 1 unspecified atom stereocenters. The Morgan fingerprint density at radius 2 is 0.964 bits per heavy atom. The van der Waals surface area contributed by atoms with Gasteiger partial charge >= 0.3 is 0 Å². The molecule has 11 rings (SSSR count). The molecule has 9 aromatic rings. The van der Waals surface area contributed by atoms with Gasteiger partial charge in [-0.1, -0.05) is 157 Å². The summed E-state index contributed by atoms with van der Waals surface area (Å²) >= 11 is 1.82. The highest BCUT2D eigenvalue weighted by atomic mass is 32.2. The number of hydrogen-bond donors (Lipinski definition) is 0. The van der Waals surface area contributed by atoms with Gasteiger partial charge in [0.2, 0.25) is 0 Å². The Morgan fingerprint density at radius 1 is 0.411 bits per heavy atom. The summed E-state index contributed by atoms with van der Waals surface area (Å²) in [5, 5.41) is 12.0. The smallest absolute Gasteiger partial charge is 0.164 e. The van der Waals surface area contributed by atoms with Gasteiger partial charge in [0, 0.05) is 26.5 Å². The zero-order valence-corrected chi connectivity index (χ0v) is 30.8. The molecule has 0 N–H and O–H groups in total. The molecule has 0 amide bonds. The van der Waals surface area contributed by atoms with Crippen molar-refractivity contribution in [2.45, 2.75) is 15.2 Å². The van der Waals surface area contributed by atoms with E-state index in [1.54, 1.807) is 0 Å². The lowest BCUT2D eigenvalue weighted by molar-refractivity contribution is 0.723. The Morgan fingerprint density at radius 3 is 1.66 bits per heavy atom. The summed E-state index contributed by atoms with van der Waals surface area (Å²) in [5.74, 6) is 1.90. The summed E-state index contributed by atoms with van der Waals surface area (Å²) in [7, 11) is 0. The van der Waals surface area contributed by atoms with Gasteiger partial charge < -0.3 is 0 Å². The van der Waals surface area contributed by atoms with Crippen LogP contribution in [-0.4, -0.2) is 15.0 Å². The summed E-state index contributed by atoms with van der Waals surface area (Å²) in [6, 6.07) is 66.3. The number of aromatic nitrogens is 3. The Labute approximate surface area is 328 Å². The van der Waals surface area contributed by atoms with Crippen LogP contribution >= 0.6 is 11.8 Å². The molecular formula is C51H30N4S. The molecule has 2 heterocycles. The molecule has 0 radical (unpaired) electrons. The molecule has 1 aliphatic heterocycles. The topological polar surface area (TPSA) is 62.5 Å². The van der Waals surface area contributed by atoms with Crippen LogP contribution in [0.3, 0.4) is 0 Å². The molecule has 8 aromatic carbocycles. The maximum Gasteiger partial charge on any atom is 0.164 e. The zero-order chi connectivity index (χ0) is 37.2. The van der Waals surface area contributed by atoms with E-state index in [0.29, 0.717) is 23.0 Å². The van der Waals surface area contributed by atoms with Crippen LogP contribution in [0.15, 0.2) is 192 Å². The molecule has 4 nitrogen and oxygen atoms in total. The van der Waals surface area contributed by atoms with E-state index in [1.165, 1.54) is 53.9 Å². The van der Waals surface area contributed by atoms with Gasteiger partial charge in [-0.05, 0) is 91.7 Å². The predicted molar refractivity (Wildman–Crippen MR) is 225 cm³/mol. The number of hydrogen-bond acceptors (Lipinski definition) is 5. The van der Waals surface area contributed by atoms with Crippen LogP contribution in [0.1, 0.15) is 27.8 Å². The molecule has 0 bridgehead atoms. The first kappa shape index (κ1) is 32.3. The first-order valence-electron chi connectivity index (χ1n) is 18.7. The first-order chi connectivity index (χ1) is 27.7. The van der Waals surface area contributed by atoms with Crippen molar-refractivity contribution in [1.82, 2.24) is 15.0 Å². The lowest BCUT2D eigenvalue weighted by Gasteiger charge is -2.40. The average molecular weight is 731 g/mol. The Balaban J connectivity index is 1.22. The number of nitriles is 1. The molecule has 5 heteroatoms. The minimum atomic E-state index is -0.637. The van der Waals surface area contributed by atoms with Gasteiger partial charge in [0.15, 0.2) is 17.5 Å². The molecule has 1 atom stereocenters. The second-order valence-electron chi connectivity index (χ2n) is 14.2. The Bertz CT molecular complexity index is 3000. The van der Waals surface area contributed by atoms with Gasteiger partial charge in [-0.2, -0.15) is 5.26 Å². The molecular weight excluding hydrogens is 701 g/mol. The summed E-state index contributed by atoms with van der Waals surface area (Å²) in [4.78, 5) is 17.7. The van der Waals surface area contributed by atoms with Crippen LogP contribution in [0, 0.1) is 11.3 Å². The van der Waals surface area contributed by atoms with Crippen LogP contribution in [0.25, 0.3) is 67.2 Å². The zero-order valence-electron chi connectivity index (χ0n) is 30.0. The lowest BCUT2D eigenvalue weighted by Crippen LogP contribution is -2.32. The number of rotatable bonds is 4. The van der Waals surface area contributed by atoms with E-state index in [1.807, 2.05) is 84.6 Å². The minimum Gasteiger partial charge on any atom is -0.208 e. The molecule has 0 saturated heterocycles. The van der Waals surface area contributed by atoms with Gasteiger partial charge in [0.05, 0.1) is 17.0 Å². The van der Waals surface area contributed by atoms with Crippen molar-refractivity contribution < 1.29 is 0 Å². The second-order valence-corrected chi connectivity index (χ2v) is 15.3. The fourth-order valence-electron chi connectivity index (χ4n) is 8.80. The third kappa shape index (κ3) is 4.83. The molecule has 260 valence electrons. The molecule has 1 aliphatic carbocycles. The molecule has 1 aromatic heterocycles. The highest BCUT2D eigenvalue weighted by molar-refractivity contribution is 7.99. The van der Waals surface area contributed by atoms with Gasteiger partial charge in [0.25, 0.3) is 0 Å². The molecule has 0 fully saturated rings. The number of fused-ring (bicyclic) bond motifs is 11. The van der Waals surface area contributed by atoms with Crippen LogP contribution in [0.4, 0.5) is 0 Å². The Hall–Kier alpha value is -7.13. The average Bonchev–Trinajstić information content (AvgIpc) is 3.57. The maximum atomic E-state index is 9.64. The number of benzene rings is 8. The van der Waals surface area contributed by atoms with Crippen LogP contribution in [0.5, 0.6) is 0 Å². The SMILES string of the molecule is N#Cc1ccc(-c2cc3c(c4ccccc24)-c2ccccc2C32c3ccccc3Sc3ccc(-c4nc(-c5ccccc5)nc(-c5ccccc5)n4)cc32)cc1. The second kappa shape index (κ2) is 12.7. The van der Waals surface area contributed by atoms with E-state index in [2.05, 4.69) is 115 Å². The largest absolute Gasteiger partial charge is 0.208 e. The maximum absolute atomic E-state index is 9.64. The van der Waals surface area contributed by atoms with Gasteiger partial charge in [-0.3, -0.25) is 0 Å². The predicted octanol–water partition coefficient (Wildman–Crippen LogP) is 12.4.